The van der Waals surface area contributed by atoms with Gasteiger partial charge in [-0.1, -0.05) is 13.8 Å². The van der Waals surface area contributed by atoms with E-state index in [1.54, 1.807) is 12.3 Å². The first-order valence-corrected chi connectivity index (χ1v) is 5.47. The number of nitrogens with one attached hydrogen (secondary N) is 1. The zero-order valence-corrected chi connectivity index (χ0v) is 10.0. The Balaban J connectivity index is 2.61. The molecule has 0 aliphatic heterocycles. The largest absolute Gasteiger partial charge is 0.480 e. The zero-order valence-electron chi connectivity index (χ0n) is 10.0. The number of H-pyrrole nitrogens is 1. The molecule has 6 nitrogen and oxygen atoms in total. The minimum Gasteiger partial charge on any atom is -0.480 e. The Morgan fingerprint density at radius 1 is 1.53 bits per heavy atom. The highest BCUT2D eigenvalue weighted by molar-refractivity contribution is 5.82. The SMILES string of the molecule is CC(C)CN(CC(=O)O)C(=O)Cc1ccn[nH]1. The van der Waals surface area contributed by atoms with Gasteiger partial charge in [0.1, 0.15) is 6.54 Å². The highest BCUT2D eigenvalue weighted by Gasteiger charge is 2.18. The summed E-state index contributed by atoms with van der Waals surface area (Å²) in [6.45, 7) is 4.07. The van der Waals surface area contributed by atoms with Crippen LogP contribution in [0.25, 0.3) is 0 Å². The topological polar surface area (TPSA) is 86.3 Å². The van der Waals surface area contributed by atoms with Gasteiger partial charge in [0, 0.05) is 18.4 Å². The maximum Gasteiger partial charge on any atom is 0.323 e. The minimum absolute atomic E-state index is 0.153. The van der Waals surface area contributed by atoms with Crippen molar-refractivity contribution in [2.45, 2.75) is 20.3 Å². The van der Waals surface area contributed by atoms with Crippen molar-refractivity contribution in [2.75, 3.05) is 13.1 Å². The lowest BCUT2D eigenvalue weighted by Gasteiger charge is -2.22. The summed E-state index contributed by atoms with van der Waals surface area (Å²) in [7, 11) is 0. The van der Waals surface area contributed by atoms with Gasteiger partial charge in [0.05, 0.1) is 6.42 Å². The van der Waals surface area contributed by atoms with E-state index in [1.807, 2.05) is 13.8 Å². The van der Waals surface area contributed by atoms with Gasteiger partial charge in [-0.15, -0.1) is 0 Å². The molecular weight excluding hydrogens is 222 g/mol. The van der Waals surface area contributed by atoms with Crippen LogP contribution in [-0.4, -0.2) is 45.2 Å². The summed E-state index contributed by atoms with van der Waals surface area (Å²) >= 11 is 0. The van der Waals surface area contributed by atoms with E-state index in [-0.39, 0.29) is 24.8 Å². The second kappa shape index (κ2) is 6.03. The average Bonchev–Trinajstić information content (AvgIpc) is 2.67. The number of carboxylic acid groups (broad SMARTS) is 1. The first-order valence-electron chi connectivity index (χ1n) is 5.47. The molecule has 0 aliphatic carbocycles. The van der Waals surface area contributed by atoms with Gasteiger partial charge in [0.2, 0.25) is 5.91 Å². The number of hydrogen-bond acceptors (Lipinski definition) is 3. The van der Waals surface area contributed by atoms with Crippen LogP contribution in [0.2, 0.25) is 0 Å². The normalized spacial score (nSPS) is 10.5. The molecule has 1 rings (SSSR count). The number of aromatic nitrogens is 2. The molecule has 0 unspecified atom stereocenters. The van der Waals surface area contributed by atoms with Gasteiger partial charge in [-0.25, -0.2) is 0 Å². The fourth-order valence-corrected chi connectivity index (χ4v) is 1.52. The summed E-state index contributed by atoms with van der Waals surface area (Å²) in [6.07, 6.45) is 1.71. The number of carbonyl (C=O) groups excluding carboxylic acids is 1. The first kappa shape index (κ1) is 13.2. The number of aromatic amines is 1. The smallest absolute Gasteiger partial charge is 0.323 e. The number of carboxylic acids is 1. The molecule has 1 amide bonds. The first-order chi connectivity index (χ1) is 7.99. The lowest BCUT2D eigenvalue weighted by Crippen LogP contribution is -2.39. The maximum absolute atomic E-state index is 11.9. The van der Waals surface area contributed by atoms with Gasteiger partial charge in [0.15, 0.2) is 0 Å². The molecule has 2 N–H and O–H groups in total. The minimum atomic E-state index is -0.997. The summed E-state index contributed by atoms with van der Waals surface area (Å²) in [5, 5.41) is 15.2. The fourth-order valence-electron chi connectivity index (χ4n) is 1.52. The van der Waals surface area contributed by atoms with E-state index in [9.17, 15) is 9.59 Å². The quantitative estimate of drug-likeness (QED) is 0.757. The molecule has 0 atom stereocenters. The van der Waals surface area contributed by atoms with E-state index in [2.05, 4.69) is 10.2 Å². The van der Waals surface area contributed by atoms with Crippen molar-refractivity contribution in [1.82, 2.24) is 15.1 Å². The van der Waals surface area contributed by atoms with Crippen LogP contribution in [0.1, 0.15) is 19.5 Å². The fraction of sp³-hybridized carbons (Fsp3) is 0.545. The number of amides is 1. The average molecular weight is 239 g/mol. The number of aliphatic carboxylic acids is 1. The Labute approximate surface area is 99.6 Å². The molecule has 0 aliphatic rings. The van der Waals surface area contributed by atoms with E-state index < -0.39 is 5.97 Å². The summed E-state index contributed by atoms with van der Waals surface area (Å²) in [5.74, 6) is -0.964. The van der Waals surface area contributed by atoms with Crippen LogP contribution in [0.3, 0.4) is 0 Å². The van der Waals surface area contributed by atoms with Gasteiger partial charge in [0.25, 0.3) is 0 Å². The predicted molar refractivity (Wildman–Crippen MR) is 61.3 cm³/mol. The standard InChI is InChI=1S/C11H17N3O3/c1-8(2)6-14(7-11(16)17)10(15)5-9-3-4-12-13-9/h3-4,8H,5-7H2,1-2H3,(H,12,13)(H,16,17). The Bertz CT molecular complexity index is 373. The van der Waals surface area contributed by atoms with Crippen LogP contribution in [0.5, 0.6) is 0 Å². The van der Waals surface area contributed by atoms with E-state index in [0.717, 1.165) is 0 Å². The Morgan fingerprint density at radius 2 is 2.24 bits per heavy atom. The molecule has 0 bridgehead atoms. The monoisotopic (exact) mass is 239 g/mol. The third kappa shape index (κ3) is 4.67. The summed E-state index contributed by atoms with van der Waals surface area (Å²) in [5.41, 5.74) is 0.689. The third-order valence-electron chi connectivity index (χ3n) is 2.16. The van der Waals surface area contributed by atoms with E-state index >= 15 is 0 Å². The molecule has 0 spiro atoms. The van der Waals surface area contributed by atoms with E-state index in [4.69, 9.17) is 5.11 Å². The van der Waals surface area contributed by atoms with E-state index in [1.165, 1.54) is 4.90 Å². The molecule has 17 heavy (non-hydrogen) atoms. The number of hydrogen-bond donors (Lipinski definition) is 2. The molecule has 1 aromatic heterocycles. The molecule has 0 saturated heterocycles. The lowest BCUT2D eigenvalue weighted by molar-refractivity contribution is -0.144. The van der Waals surface area contributed by atoms with Gasteiger partial charge in [-0.2, -0.15) is 5.10 Å². The van der Waals surface area contributed by atoms with E-state index in [0.29, 0.717) is 12.2 Å². The highest BCUT2D eigenvalue weighted by atomic mass is 16.4. The van der Waals surface area contributed by atoms with Crippen molar-refractivity contribution in [1.29, 1.82) is 0 Å². The summed E-state index contributed by atoms with van der Waals surface area (Å²) < 4.78 is 0. The van der Waals surface area contributed by atoms with Gasteiger partial charge < -0.3 is 10.0 Å². The molecule has 0 saturated carbocycles. The molecule has 1 aromatic rings. The Kier molecular flexibility index (Phi) is 4.68. The highest BCUT2D eigenvalue weighted by Crippen LogP contribution is 2.03. The van der Waals surface area contributed by atoms with Crippen molar-refractivity contribution in [2.24, 2.45) is 5.92 Å². The van der Waals surface area contributed by atoms with Crippen LogP contribution < -0.4 is 0 Å². The van der Waals surface area contributed by atoms with Gasteiger partial charge in [-0.05, 0) is 12.0 Å². The molecule has 0 aromatic carbocycles. The van der Waals surface area contributed by atoms with Crippen LogP contribution in [0.15, 0.2) is 12.3 Å². The predicted octanol–water partition coefficient (Wildman–Crippen LogP) is 0.521. The number of carbonyl (C=O) groups is 2. The maximum atomic E-state index is 11.9. The Morgan fingerprint density at radius 3 is 2.71 bits per heavy atom. The van der Waals surface area contributed by atoms with Crippen LogP contribution in [-0.2, 0) is 16.0 Å². The second-order valence-electron chi connectivity index (χ2n) is 4.32. The zero-order chi connectivity index (χ0) is 12.8. The van der Waals surface area contributed by atoms with Gasteiger partial charge in [-0.3, -0.25) is 14.7 Å². The molecule has 0 fully saturated rings. The number of rotatable bonds is 6. The van der Waals surface area contributed by atoms with Crippen molar-refractivity contribution in [3.8, 4) is 0 Å². The molecular formula is C11H17N3O3. The molecule has 1 heterocycles. The van der Waals surface area contributed by atoms with Crippen molar-refractivity contribution in [3.63, 3.8) is 0 Å². The summed E-state index contributed by atoms with van der Waals surface area (Å²) in [4.78, 5) is 23.9. The summed E-state index contributed by atoms with van der Waals surface area (Å²) in [6, 6.07) is 1.70. The lowest BCUT2D eigenvalue weighted by atomic mass is 10.2. The van der Waals surface area contributed by atoms with Crippen LogP contribution in [0.4, 0.5) is 0 Å². The second-order valence-corrected chi connectivity index (χ2v) is 4.32. The van der Waals surface area contributed by atoms with Crippen LogP contribution in [0, 0.1) is 5.92 Å². The van der Waals surface area contributed by atoms with Gasteiger partial charge >= 0.3 is 5.97 Å². The Hall–Kier alpha value is -1.85. The third-order valence-corrected chi connectivity index (χ3v) is 2.16. The van der Waals surface area contributed by atoms with Crippen LogP contribution >= 0.6 is 0 Å². The molecule has 0 radical (unpaired) electrons. The molecule has 6 heteroatoms. The van der Waals surface area contributed by atoms with Crippen molar-refractivity contribution >= 4 is 11.9 Å². The van der Waals surface area contributed by atoms with Crippen molar-refractivity contribution < 1.29 is 14.7 Å². The molecule has 94 valence electrons. The van der Waals surface area contributed by atoms with Crippen molar-refractivity contribution in [3.05, 3.63) is 18.0 Å². The number of nitrogens with zero attached hydrogens (tertiary/aromatic N) is 2.